The van der Waals surface area contributed by atoms with Gasteiger partial charge in [0.15, 0.2) is 0 Å². The second kappa shape index (κ2) is 8.59. The molecule has 0 atom stereocenters. The third-order valence-electron chi connectivity index (χ3n) is 3.49. The summed E-state index contributed by atoms with van der Waals surface area (Å²) in [6.07, 6.45) is 2.79. The van der Waals surface area contributed by atoms with E-state index in [2.05, 4.69) is 15.5 Å². The topological polar surface area (TPSA) is 89.0 Å². The van der Waals surface area contributed by atoms with E-state index >= 15 is 0 Å². The fourth-order valence-electron chi connectivity index (χ4n) is 2.17. The first-order chi connectivity index (χ1) is 13.3. The van der Waals surface area contributed by atoms with Crippen molar-refractivity contribution in [2.45, 2.75) is 10.1 Å². The molecule has 0 radical (unpaired) electrons. The summed E-state index contributed by atoms with van der Waals surface area (Å²) < 4.78 is 37.5. The monoisotopic (exact) mass is 437 g/mol. The number of amides is 1. The van der Waals surface area contributed by atoms with Crippen molar-refractivity contribution < 1.29 is 17.6 Å². The van der Waals surface area contributed by atoms with Crippen molar-refractivity contribution in [2.75, 3.05) is 5.32 Å². The maximum Gasteiger partial charge on any atom is 0.250 e. The average molecular weight is 438 g/mol. The van der Waals surface area contributed by atoms with Gasteiger partial charge in [0.2, 0.25) is 25.2 Å². The van der Waals surface area contributed by atoms with E-state index in [-0.39, 0.29) is 15.2 Å². The van der Waals surface area contributed by atoms with Gasteiger partial charge in [0.1, 0.15) is 5.82 Å². The summed E-state index contributed by atoms with van der Waals surface area (Å²) in [4.78, 5) is 12.0. The normalized spacial score (nSPS) is 11.6. The summed E-state index contributed by atoms with van der Waals surface area (Å²) >= 11 is 6.75. The van der Waals surface area contributed by atoms with E-state index in [0.29, 0.717) is 16.1 Å². The van der Waals surface area contributed by atoms with Crippen LogP contribution in [0.25, 0.3) is 6.08 Å². The van der Waals surface area contributed by atoms with Crippen LogP contribution in [0.15, 0.2) is 58.9 Å². The number of carbonyl (C=O) groups is 1. The first-order valence-corrected chi connectivity index (χ1v) is 10.7. The third kappa shape index (κ3) is 5.22. The van der Waals surface area contributed by atoms with Crippen LogP contribution in [-0.4, -0.2) is 24.5 Å². The van der Waals surface area contributed by atoms with Gasteiger partial charge in [-0.3, -0.25) is 10.1 Å². The first-order valence-electron chi connectivity index (χ1n) is 7.88. The van der Waals surface area contributed by atoms with Gasteiger partial charge in [-0.2, -0.15) is 0 Å². The standard InChI is InChI=1S/C18H13ClFN3O3S2/c19-15-4-2-1-3-13(15)7-10-16(24)21-17-22-23-18(27-17)28(25,26)11-12-5-8-14(20)9-6-12/h1-10H,11H2,(H,21,22,24)/b10-7+. The van der Waals surface area contributed by atoms with Gasteiger partial charge in [0.25, 0.3) is 0 Å². The highest BCUT2D eigenvalue weighted by Crippen LogP contribution is 2.24. The number of rotatable bonds is 6. The summed E-state index contributed by atoms with van der Waals surface area (Å²) in [5.41, 5.74) is 1.09. The van der Waals surface area contributed by atoms with Crippen molar-refractivity contribution >= 4 is 49.9 Å². The van der Waals surface area contributed by atoms with Gasteiger partial charge in [-0.25, -0.2) is 12.8 Å². The molecule has 2 aromatic carbocycles. The van der Waals surface area contributed by atoms with E-state index in [1.54, 1.807) is 24.3 Å². The van der Waals surface area contributed by atoms with Gasteiger partial charge in [0, 0.05) is 11.1 Å². The molecule has 10 heteroatoms. The number of nitrogens with one attached hydrogen (secondary N) is 1. The Labute approximate surface area is 169 Å². The Morgan fingerprint density at radius 3 is 2.57 bits per heavy atom. The largest absolute Gasteiger partial charge is 0.297 e. The Bertz CT molecular complexity index is 1130. The van der Waals surface area contributed by atoms with Crippen molar-refractivity contribution in [3.8, 4) is 0 Å². The molecule has 3 aromatic rings. The van der Waals surface area contributed by atoms with Gasteiger partial charge in [-0.15, -0.1) is 10.2 Å². The number of hydrogen-bond donors (Lipinski definition) is 1. The summed E-state index contributed by atoms with van der Waals surface area (Å²) in [5.74, 6) is -1.30. The SMILES string of the molecule is O=C(/C=C/c1ccccc1Cl)Nc1nnc(S(=O)(=O)Cc2ccc(F)cc2)s1. The predicted molar refractivity (Wildman–Crippen MR) is 106 cm³/mol. The molecule has 1 N–H and O–H groups in total. The van der Waals surface area contributed by atoms with Gasteiger partial charge in [-0.1, -0.05) is 53.3 Å². The molecule has 0 saturated heterocycles. The summed E-state index contributed by atoms with van der Waals surface area (Å²) in [7, 11) is -3.77. The van der Waals surface area contributed by atoms with Crippen molar-refractivity contribution in [3.63, 3.8) is 0 Å². The Morgan fingerprint density at radius 1 is 1.14 bits per heavy atom. The zero-order valence-electron chi connectivity index (χ0n) is 14.2. The number of carbonyl (C=O) groups excluding carboxylic acids is 1. The maximum absolute atomic E-state index is 12.9. The lowest BCUT2D eigenvalue weighted by molar-refractivity contribution is -0.111. The molecule has 1 aromatic heterocycles. The van der Waals surface area contributed by atoms with Crippen molar-refractivity contribution in [1.82, 2.24) is 10.2 Å². The average Bonchev–Trinajstić information content (AvgIpc) is 3.12. The van der Waals surface area contributed by atoms with E-state index in [9.17, 15) is 17.6 Å². The van der Waals surface area contributed by atoms with Crippen LogP contribution in [-0.2, 0) is 20.4 Å². The summed E-state index contributed by atoms with van der Waals surface area (Å²) in [5, 5.41) is 10.3. The van der Waals surface area contributed by atoms with Gasteiger partial charge in [0.05, 0.1) is 5.75 Å². The third-order valence-corrected chi connectivity index (χ3v) is 6.81. The molecule has 3 rings (SSSR count). The van der Waals surface area contributed by atoms with Crippen LogP contribution in [0.2, 0.25) is 5.02 Å². The second-order valence-electron chi connectivity index (χ2n) is 5.60. The fourth-order valence-corrected chi connectivity index (χ4v) is 4.69. The lowest BCUT2D eigenvalue weighted by Crippen LogP contribution is -2.07. The molecular weight excluding hydrogens is 425 g/mol. The highest BCUT2D eigenvalue weighted by atomic mass is 35.5. The van der Waals surface area contributed by atoms with E-state index in [1.807, 2.05) is 0 Å². The molecule has 0 saturated carbocycles. The molecule has 0 aliphatic rings. The summed E-state index contributed by atoms with van der Waals surface area (Å²) in [6.45, 7) is 0. The maximum atomic E-state index is 12.9. The van der Waals surface area contributed by atoms with Gasteiger partial charge >= 0.3 is 0 Å². The van der Waals surface area contributed by atoms with E-state index in [0.717, 1.165) is 11.3 Å². The second-order valence-corrected chi connectivity index (χ2v) is 9.15. The van der Waals surface area contributed by atoms with E-state index in [1.165, 1.54) is 36.4 Å². The van der Waals surface area contributed by atoms with Crippen molar-refractivity contribution in [3.05, 3.63) is 76.6 Å². The minimum atomic E-state index is -3.77. The Kier molecular flexibility index (Phi) is 6.18. The fraction of sp³-hybridized carbons (Fsp3) is 0.0556. The number of aromatic nitrogens is 2. The molecule has 28 heavy (non-hydrogen) atoms. The number of benzene rings is 2. The number of hydrogen-bond acceptors (Lipinski definition) is 6. The van der Waals surface area contributed by atoms with Crippen LogP contribution in [0.4, 0.5) is 9.52 Å². The summed E-state index contributed by atoms with van der Waals surface area (Å²) in [6, 6.07) is 12.1. The van der Waals surface area contributed by atoms with Crippen LogP contribution in [0.3, 0.4) is 0 Å². The zero-order valence-corrected chi connectivity index (χ0v) is 16.6. The molecule has 144 valence electrons. The highest BCUT2D eigenvalue weighted by Gasteiger charge is 2.21. The minimum absolute atomic E-state index is 0.0477. The Morgan fingerprint density at radius 2 is 1.86 bits per heavy atom. The minimum Gasteiger partial charge on any atom is -0.297 e. The molecular formula is C18H13ClFN3O3S2. The van der Waals surface area contributed by atoms with Crippen LogP contribution in [0.1, 0.15) is 11.1 Å². The quantitative estimate of drug-likeness (QED) is 0.465. The molecule has 0 spiro atoms. The molecule has 0 aliphatic carbocycles. The van der Waals surface area contributed by atoms with Gasteiger partial charge in [-0.05, 0) is 35.4 Å². The number of sulfone groups is 1. The Balaban J connectivity index is 1.67. The van der Waals surface area contributed by atoms with Crippen LogP contribution in [0, 0.1) is 5.82 Å². The lowest BCUT2D eigenvalue weighted by Gasteiger charge is -2.00. The Hall–Kier alpha value is -2.62. The molecule has 0 aliphatic heterocycles. The molecule has 0 bridgehead atoms. The predicted octanol–water partition coefficient (Wildman–Crippen LogP) is 3.96. The molecule has 6 nitrogen and oxygen atoms in total. The molecule has 1 amide bonds. The first kappa shape index (κ1) is 20.1. The van der Waals surface area contributed by atoms with Crippen molar-refractivity contribution in [1.29, 1.82) is 0 Å². The smallest absolute Gasteiger partial charge is 0.250 e. The van der Waals surface area contributed by atoms with E-state index < -0.39 is 21.6 Å². The molecule has 0 fully saturated rings. The number of anilines is 1. The zero-order chi connectivity index (χ0) is 20.1. The van der Waals surface area contributed by atoms with Crippen LogP contribution >= 0.6 is 22.9 Å². The number of halogens is 2. The molecule has 1 heterocycles. The highest BCUT2D eigenvalue weighted by molar-refractivity contribution is 7.92. The van der Waals surface area contributed by atoms with Crippen LogP contribution in [0.5, 0.6) is 0 Å². The van der Waals surface area contributed by atoms with Gasteiger partial charge < -0.3 is 0 Å². The lowest BCUT2D eigenvalue weighted by atomic mass is 10.2. The van der Waals surface area contributed by atoms with Crippen LogP contribution < -0.4 is 5.32 Å². The van der Waals surface area contributed by atoms with E-state index in [4.69, 9.17) is 11.6 Å². The molecule has 0 unspecified atom stereocenters. The number of nitrogens with zero attached hydrogens (tertiary/aromatic N) is 2. The van der Waals surface area contributed by atoms with Crippen molar-refractivity contribution in [2.24, 2.45) is 0 Å².